The number of aliphatic hydroxyl groups is 1. The van der Waals surface area contributed by atoms with Crippen LogP contribution in [0.5, 0.6) is 5.75 Å². The zero-order chi connectivity index (χ0) is 32.4. The summed E-state index contributed by atoms with van der Waals surface area (Å²) in [4.78, 5) is 26.6. The zero-order valence-electron chi connectivity index (χ0n) is 28.4. The third-order valence-electron chi connectivity index (χ3n) is 15.5. The molecule has 5 aliphatic carbocycles. The Hall–Kier alpha value is -2.34. The Balaban J connectivity index is 1.15. The minimum atomic E-state index is -0.740. The number of rotatable bonds is 3. The molecular formula is C39H54O6. The first-order chi connectivity index (χ1) is 21.0. The molecule has 7 rings (SSSR count). The smallest absolute Gasteiger partial charge is 0.331 e. The molecule has 0 amide bonds. The second-order valence-electron chi connectivity index (χ2n) is 18.0. The van der Waals surface area contributed by atoms with Gasteiger partial charge in [-0.05, 0) is 116 Å². The van der Waals surface area contributed by atoms with E-state index < -0.39 is 23.6 Å². The van der Waals surface area contributed by atoms with Gasteiger partial charge >= 0.3 is 11.9 Å². The fraction of sp³-hybridized carbons (Fsp3) is 0.744. The molecule has 5 saturated carbocycles. The summed E-state index contributed by atoms with van der Waals surface area (Å²) in [6, 6.07) is 6.66. The van der Waals surface area contributed by atoms with Crippen molar-refractivity contribution in [3.8, 4) is 5.75 Å². The number of hydrogen-bond donors (Lipinski definition) is 2. The fourth-order valence-corrected chi connectivity index (χ4v) is 13.1. The van der Waals surface area contributed by atoms with Crippen LogP contribution in [0.1, 0.15) is 112 Å². The zero-order valence-corrected chi connectivity index (χ0v) is 28.4. The number of aromatic hydroxyl groups is 1. The van der Waals surface area contributed by atoms with Crippen molar-refractivity contribution < 1.29 is 29.3 Å². The summed E-state index contributed by atoms with van der Waals surface area (Å²) < 4.78 is 12.4. The van der Waals surface area contributed by atoms with Crippen LogP contribution < -0.4 is 0 Å². The van der Waals surface area contributed by atoms with Gasteiger partial charge in [-0.1, -0.05) is 60.6 Å². The van der Waals surface area contributed by atoms with E-state index in [0.29, 0.717) is 30.1 Å². The third-order valence-corrected chi connectivity index (χ3v) is 15.5. The highest BCUT2D eigenvalue weighted by Crippen LogP contribution is 2.78. The topological polar surface area (TPSA) is 93.1 Å². The van der Waals surface area contributed by atoms with Crippen LogP contribution in [0.25, 0.3) is 6.08 Å². The standard InChI is InChI=1S/C39H54O6/c1-34(2)18-20-39-21-19-37(6)25(30(39)32(34)45-33(39)43)13-14-28-36(5)22-26(41)31(35(3,4)27(36)16-17-38(28,37)7)44-29(42)15-10-23-8-11-24(40)12-9-23/h8-12,15,25-28,30-32,40-41H,13-14,16-22H2,1-7H3/b15-10+/t25-,26-,27+,28-,30-,31+,32-,36+,37-,38-,39+/m1/s1. The summed E-state index contributed by atoms with van der Waals surface area (Å²) in [5.74, 6) is 1.36. The van der Waals surface area contributed by atoms with Crippen molar-refractivity contribution in [1.82, 2.24) is 0 Å². The summed E-state index contributed by atoms with van der Waals surface area (Å²) in [5.41, 5.74) is 0.256. The Bertz CT molecular complexity index is 1410. The van der Waals surface area contributed by atoms with Crippen LogP contribution in [0.2, 0.25) is 0 Å². The number of carbonyl (C=O) groups excluding carboxylic acids is 2. The number of benzene rings is 1. The van der Waals surface area contributed by atoms with E-state index in [-0.39, 0.29) is 44.9 Å². The maximum atomic E-state index is 13.5. The number of carbonyl (C=O) groups is 2. The normalized spacial score (nSPS) is 47.6. The number of phenols is 1. The highest BCUT2D eigenvalue weighted by molar-refractivity contribution is 5.87. The number of aliphatic hydroxyl groups excluding tert-OH is 1. The van der Waals surface area contributed by atoms with Crippen molar-refractivity contribution in [2.45, 2.75) is 125 Å². The Labute approximate surface area is 269 Å². The summed E-state index contributed by atoms with van der Waals surface area (Å²) in [5, 5.41) is 21.3. The molecule has 45 heavy (non-hydrogen) atoms. The van der Waals surface area contributed by atoms with E-state index in [2.05, 4.69) is 48.5 Å². The largest absolute Gasteiger partial charge is 0.508 e. The van der Waals surface area contributed by atoms with Crippen LogP contribution >= 0.6 is 0 Å². The summed E-state index contributed by atoms with van der Waals surface area (Å²) in [7, 11) is 0. The van der Waals surface area contributed by atoms with E-state index in [4.69, 9.17) is 9.47 Å². The molecule has 2 N–H and O–H groups in total. The van der Waals surface area contributed by atoms with E-state index in [1.54, 1.807) is 30.3 Å². The number of hydrogen-bond acceptors (Lipinski definition) is 6. The van der Waals surface area contributed by atoms with Gasteiger partial charge in [-0.3, -0.25) is 4.79 Å². The SMILES string of the molecule is CC1(C)CC[C@]23CC[C@]4(C)[C@H](CC[C@@H]5[C@@]6(C)C[C@@H](O)[C@H](OC(=O)/C=C/c7ccc(O)cc7)C(C)(C)[C@@H]6CC[C@]54C)[C@@H]2[C@H]1OC3=O. The number of fused-ring (bicyclic) bond motifs is 5. The molecule has 6 nitrogen and oxygen atoms in total. The summed E-state index contributed by atoms with van der Waals surface area (Å²) >= 11 is 0. The molecule has 0 radical (unpaired) electrons. The quantitative estimate of drug-likeness (QED) is 0.266. The Morgan fingerprint density at radius 1 is 0.889 bits per heavy atom. The average molecular weight is 619 g/mol. The lowest BCUT2D eigenvalue weighted by atomic mass is 9.31. The third kappa shape index (κ3) is 4.15. The Morgan fingerprint density at radius 3 is 2.29 bits per heavy atom. The van der Waals surface area contributed by atoms with Crippen LogP contribution in [0.15, 0.2) is 30.3 Å². The average Bonchev–Trinajstić information content (AvgIpc) is 3.22. The summed E-state index contributed by atoms with van der Waals surface area (Å²) in [6.07, 6.45) is 10.9. The first kappa shape index (κ1) is 31.3. The maximum Gasteiger partial charge on any atom is 0.331 e. The van der Waals surface area contributed by atoms with E-state index >= 15 is 0 Å². The van der Waals surface area contributed by atoms with E-state index in [9.17, 15) is 19.8 Å². The number of phenolic OH excluding ortho intramolecular Hbond substituents is 1. The number of ether oxygens (including phenoxy) is 2. The highest BCUT2D eigenvalue weighted by Gasteiger charge is 2.75. The molecule has 1 aromatic carbocycles. The van der Waals surface area contributed by atoms with E-state index in [1.807, 2.05) is 0 Å². The fourth-order valence-electron chi connectivity index (χ4n) is 13.1. The van der Waals surface area contributed by atoms with Gasteiger partial charge in [0.05, 0.1) is 11.5 Å². The lowest BCUT2D eigenvalue weighted by Gasteiger charge is -2.73. The minimum Gasteiger partial charge on any atom is -0.508 e. The van der Waals surface area contributed by atoms with Crippen molar-refractivity contribution in [1.29, 1.82) is 0 Å². The molecule has 1 heterocycles. The van der Waals surface area contributed by atoms with Crippen LogP contribution in [0.3, 0.4) is 0 Å². The monoisotopic (exact) mass is 618 g/mol. The van der Waals surface area contributed by atoms with Crippen molar-refractivity contribution in [2.24, 2.45) is 56.2 Å². The van der Waals surface area contributed by atoms with Gasteiger partial charge < -0.3 is 19.7 Å². The molecule has 1 aromatic rings. The van der Waals surface area contributed by atoms with Crippen LogP contribution in [-0.4, -0.2) is 40.5 Å². The van der Waals surface area contributed by atoms with Crippen LogP contribution in [0.4, 0.5) is 0 Å². The predicted octanol–water partition coefficient (Wildman–Crippen LogP) is 7.70. The van der Waals surface area contributed by atoms with Crippen LogP contribution in [-0.2, 0) is 19.1 Å². The molecular weight excluding hydrogens is 564 g/mol. The van der Waals surface area contributed by atoms with Gasteiger partial charge in [0.2, 0.25) is 0 Å². The second-order valence-corrected chi connectivity index (χ2v) is 18.0. The molecule has 246 valence electrons. The molecule has 1 aliphatic heterocycles. The van der Waals surface area contributed by atoms with Gasteiger partial charge in [0.15, 0.2) is 0 Å². The van der Waals surface area contributed by atoms with Gasteiger partial charge in [-0.25, -0.2) is 4.79 Å². The van der Waals surface area contributed by atoms with Gasteiger partial charge in [-0.15, -0.1) is 0 Å². The minimum absolute atomic E-state index is 0.0170. The lowest BCUT2D eigenvalue weighted by Crippen LogP contribution is -2.69. The van der Waals surface area contributed by atoms with Crippen molar-refractivity contribution in [3.05, 3.63) is 35.9 Å². The molecule has 6 aliphatic rings. The van der Waals surface area contributed by atoms with Crippen molar-refractivity contribution in [3.63, 3.8) is 0 Å². The molecule has 1 saturated heterocycles. The summed E-state index contributed by atoms with van der Waals surface area (Å²) in [6.45, 7) is 16.6. The molecule has 0 spiro atoms. The van der Waals surface area contributed by atoms with E-state index in [0.717, 1.165) is 56.9 Å². The Kier molecular flexibility index (Phi) is 6.84. The first-order valence-corrected chi connectivity index (χ1v) is 17.6. The van der Waals surface area contributed by atoms with Gasteiger partial charge in [0.25, 0.3) is 0 Å². The van der Waals surface area contributed by atoms with Crippen LogP contribution in [0, 0.1) is 56.2 Å². The molecule has 2 bridgehead atoms. The second kappa shape index (κ2) is 9.84. The van der Waals surface area contributed by atoms with Gasteiger partial charge in [-0.2, -0.15) is 0 Å². The molecule has 0 aromatic heterocycles. The maximum absolute atomic E-state index is 13.5. The predicted molar refractivity (Wildman–Crippen MR) is 173 cm³/mol. The van der Waals surface area contributed by atoms with Crippen molar-refractivity contribution in [2.75, 3.05) is 0 Å². The highest BCUT2D eigenvalue weighted by atomic mass is 16.6. The Morgan fingerprint density at radius 2 is 1.58 bits per heavy atom. The molecule has 6 heteroatoms. The first-order valence-electron chi connectivity index (χ1n) is 17.6. The molecule has 0 unspecified atom stereocenters. The van der Waals surface area contributed by atoms with E-state index in [1.165, 1.54) is 6.08 Å². The van der Waals surface area contributed by atoms with Crippen molar-refractivity contribution >= 4 is 18.0 Å². The van der Waals surface area contributed by atoms with Gasteiger partial charge in [0.1, 0.15) is 18.0 Å². The lowest BCUT2D eigenvalue weighted by molar-refractivity contribution is -0.268. The molecule has 11 atom stereocenters. The number of esters is 2. The molecule has 6 fully saturated rings. The van der Waals surface area contributed by atoms with Gasteiger partial charge in [0, 0.05) is 22.8 Å².